The molecule has 0 bridgehead atoms. The number of aromatic nitrogens is 1. The van der Waals surface area contributed by atoms with Gasteiger partial charge in [0.05, 0.1) is 17.0 Å². The van der Waals surface area contributed by atoms with Gasteiger partial charge >= 0.3 is 0 Å². The zero-order valence-electron chi connectivity index (χ0n) is 13.7. The van der Waals surface area contributed by atoms with Gasteiger partial charge in [0.2, 0.25) is 5.91 Å². The highest BCUT2D eigenvalue weighted by Gasteiger charge is 2.14. The van der Waals surface area contributed by atoms with Crippen LogP contribution in [0.1, 0.15) is 11.3 Å². The van der Waals surface area contributed by atoms with Gasteiger partial charge < -0.3 is 5.32 Å². The molecule has 0 radical (unpaired) electrons. The normalized spacial score (nSPS) is 10.5. The lowest BCUT2D eigenvalue weighted by Gasteiger charge is -2.05. The number of carbonyl (C=O) groups is 1. The first-order chi connectivity index (χ1) is 12.4. The van der Waals surface area contributed by atoms with E-state index in [-0.39, 0.29) is 23.8 Å². The third-order valence-electron chi connectivity index (χ3n) is 3.65. The number of rotatable bonds is 5. The SMILES string of the molecule is Cc1ccc(NC(=O)Cc2csc(-c3cccc(F)c3)n2)cc1[N+](=O)[O-]. The first-order valence-corrected chi connectivity index (χ1v) is 8.55. The lowest BCUT2D eigenvalue weighted by atomic mass is 10.2. The Labute approximate surface area is 152 Å². The Morgan fingerprint density at radius 3 is 2.85 bits per heavy atom. The Hall–Kier alpha value is -3.13. The van der Waals surface area contributed by atoms with Crippen LogP contribution in [-0.4, -0.2) is 15.8 Å². The monoisotopic (exact) mass is 371 g/mol. The highest BCUT2D eigenvalue weighted by atomic mass is 32.1. The molecule has 0 aliphatic rings. The van der Waals surface area contributed by atoms with Crippen LogP contribution >= 0.6 is 11.3 Å². The molecule has 6 nitrogen and oxygen atoms in total. The van der Waals surface area contributed by atoms with Gasteiger partial charge in [0, 0.05) is 28.3 Å². The maximum atomic E-state index is 13.3. The van der Waals surface area contributed by atoms with Gasteiger partial charge in [-0.1, -0.05) is 18.2 Å². The van der Waals surface area contributed by atoms with Gasteiger partial charge in [-0.15, -0.1) is 11.3 Å². The number of aryl methyl sites for hydroxylation is 1. The number of halogens is 1. The average Bonchev–Trinajstić information content (AvgIpc) is 3.04. The summed E-state index contributed by atoms with van der Waals surface area (Å²) in [5.74, 6) is -0.683. The number of benzene rings is 2. The van der Waals surface area contributed by atoms with Crippen molar-refractivity contribution in [3.8, 4) is 10.6 Å². The Balaban J connectivity index is 1.69. The predicted octanol–water partition coefficient (Wildman–Crippen LogP) is 4.35. The van der Waals surface area contributed by atoms with Gasteiger partial charge in [-0.2, -0.15) is 0 Å². The largest absolute Gasteiger partial charge is 0.325 e. The van der Waals surface area contributed by atoms with Crippen LogP contribution in [-0.2, 0) is 11.2 Å². The third kappa shape index (κ3) is 4.09. The van der Waals surface area contributed by atoms with Crippen LogP contribution < -0.4 is 5.32 Å². The molecule has 3 rings (SSSR count). The molecular formula is C18H14FN3O3S. The molecule has 0 saturated heterocycles. The number of nitrogens with one attached hydrogen (secondary N) is 1. The van der Waals surface area contributed by atoms with Crippen LogP contribution in [0.5, 0.6) is 0 Å². The zero-order valence-corrected chi connectivity index (χ0v) is 14.5. The van der Waals surface area contributed by atoms with Gasteiger partial charge in [0.15, 0.2) is 0 Å². The van der Waals surface area contributed by atoms with Crippen LogP contribution in [0.2, 0.25) is 0 Å². The number of carbonyl (C=O) groups excluding carboxylic acids is 1. The number of nitro groups is 1. The van der Waals surface area contributed by atoms with E-state index in [2.05, 4.69) is 10.3 Å². The fourth-order valence-corrected chi connectivity index (χ4v) is 3.21. The maximum Gasteiger partial charge on any atom is 0.274 e. The van der Waals surface area contributed by atoms with E-state index in [4.69, 9.17) is 0 Å². The molecule has 0 aliphatic heterocycles. The summed E-state index contributed by atoms with van der Waals surface area (Å²) in [5, 5.41) is 16.0. The lowest BCUT2D eigenvalue weighted by Crippen LogP contribution is -2.14. The quantitative estimate of drug-likeness (QED) is 0.534. The van der Waals surface area contributed by atoms with Crippen molar-refractivity contribution in [1.82, 2.24) is 4.98 Å². The molecule has 0 saturated carbocycles. The summed E-state index contributed by atoms with van der Waals surface area (Å²) in [4.78, 5) is 27.0. The molecule has 132 valence electrons. The van der Waals surface area contributed by atoms with Gasteiger partial charge in [-0.25, -0.2) is 9.37 Å². The molecule has 1 N–H and O–H groups in total. The number of thiazole rings is 1. The van der Waals surface area contributed by atoms with Crippen molar-refractivity contribution >= 4 is 28.6 Å². The molecule has 0 unspecified atom stereocenters. The number of nitrogens with zero attached hydrogens (tertiary/aromatic N) is 2. The summed E-state index contributed by atoms with van der Waals surface area (Å²) in [7, 11) is 0. The fourth-order valence-electron chi connectivity index (χ4n) is 2.40. The zero-order chi connectivity index (χ0) is 18.7. The molecule has 8 heteroatoms. The first-order valence-electron chi connectivity index (χ1n) is 7.67. The second-order valence-corrected chi connectivity index (χ2v) is 6.50. The highest BCUT2D eigenvalue weighted by Crippen LogP contribution is 2.25. The van der Waals surface area contributed by atoms with E-state index in [1.807, 2.05) is 0 Å². The minimum atomic E-state index is -0.489. The van der Waals surface area contributed by atoms with Crippen molar-refractivity contribution in [3.63, 3.8) is 0 Å². The summed E-state index contributed by atoms with van der Waals surface area (Å²) >= 11 is 1.32. The Bertz CT molecular complexity index is 987. The molecule has 0 fully saturated rings. The number of amides is 1. The van der Waals surface area contributed by atoms with Crippen molar-refractivity contribution in [2.75, 3.05) is 5.32 Å². The van der Waals surface area contributed by atoms with E-state index in [0.717, 1.165) is 0 Å². The molecular weight excluding hydrogens is 357 g/mol. The molecule has 3 aromatic rings. The molecule has 1 aromatic heterocycles. The topological polar surface area (TPSA) is 85.1 Å². The van der Waals surface area contributed by atoms with Crippen LogP contribution in [0.4, 0.5) is 15.8 Å². The van der Waals surface area contributed by atoms with Crippen LogP contribution in [0, 0.1) is 22.9 Å². The minimum Gasteiger partial charge on any atom is -0.325 e. The van der Waals surface area contributed by atoms with Crippen molar-refractivity contribution in [2.24, 2.45) is 0 Å². The highest BCUT2D eigenvalue weighted by molar-refractivity contribution is 7.13. The van der Waals surface area contributed by atoms with Crippen molar-refractivity contribution in [1.29, 1.82) is 0 Å². The van der Waals surface area contributed by atoms with E-state index in [9.17, 15) is 19.3 Å². The number of hydrogen-bond donors (Lipinski definition) is 1. The number of hydrogen-bond acceptors (Lipinski definition) is 5. The fraction of sp³-hybridized carbons (Fsp3) is 0.111. The van der Waals surface area contributed by atoms with E-state index in [0.29, 0.717) is 27.5 Å². The van der Waals surface area contributed by atoms with E-state index < -0.39 is 4.92 Å². The predicted molar refractivity (Wildman–Crippen MR) is 97.7 cm³/mol. The second-order valence-electron chi connectivity index (χ2n) is 5.64. The van der Waals surface area contributed by atoms with Crippen molar-refractivity contribution in [3.05, 3.63) is 75.0 Å². The van der Waals surface area contributed by atoms with Gasteiger partial charge in [0.1, 0.15) is 10.8 Å². The van der Waals surface area contributed by atoms with E-state index >= 15 is 0 Å². The maximum absolute atomic E-state index is 13.3. The van der Waals surface area contributed by atoms with Crippen LogP contribution in [0.15, 0.2) is 47.8 Å². The molecule has 2 aromatic carbocycles. The number of nitro benzene ring substituents is 1. The standard InChI is InChI=1S/C18H14FN3O3S/c1-11-5-6-14(8-16(11)22(24)25)20-17(23)9-15-10-26-18(21-15)12-3-2-4-13(19)7-12/h2-8,10H,9H2,1H3,(H,20,23). The third-order valence-corrected chi connectivity index (χ3v) is 4.59. The molecule has 0 spiro atoms. The van der Waals surface area contributed by atoms with Crippen LogP contribution in [0.25, 0.3) is 10.6 Å². The summed E-state index contributed by atoms with van der Waals surface area (Å²) in [6, 6.07) is 10.6. The summed E-state index contributed by atoms with van der Waals surface area (Å²) < 4.78 is 13.3. The van der Waals surface area contributed by atoms with Crippen molar-refractivity contribution in [2.45, 2.75) is 13.3 Å². The second kappa shape index (κ2) is 7.40. The first kappa shape index (κ1) is 17.7. The van der Waals surface area contributed by atoms with Gasteiger partial charge in [-0.05, 0) is 25.1 Å². The number of anilines is 1. The Morgan fingerprint density at radius 2 is 2.12 bits per heavy atom. The van der Waals surface area contributed by atoms with Gasteiger partial charge in [-0.3, -0.25) is 14.9 Å². The lowest BCUT2D eigenvalue weighted by molar-refractivity contribution is -0.385. The smallest absolute Gasteiger partial charge is 0.274 e. The van der Waals surface area contributed by atoms with Gasteiger partial charge in [0.25, 0.3) is 5.69 Å². The molecule has 1 heterocycles. The molecule has 0 aliphatic carbocycles. The Kier molecular flexibility index (Phi) is 5.04. The van der Waals surface area contributed by atoms with E-state index in [1.54, 1.807) is 36.6 Å². The summed E-state index contributed by atoms with van der Waals surface area (Å²) in [5.41, 5.74) is 2.02. The van der Waals surface area contributed by atoms with Crippen LogP contribution in [0.3, 0.4) is 0 Å². The van der Waals surface area contributed by atoms with E-state index in [1.165, 1.54) is 29.5 Å². The minimum absolute atomic E-state index is 0.0213. The summed E-state index contributed by atoms with van der Waals surface area (Å²) in [6.07, 6.45) is 0.0213. The average molecular weight is 371 g/mol. The molecule has 1 amide bonds. The molecule has 0 atom stereocenters. The van der Waals surface area contributed by atoms with Crippen molar-refractivity contribution < 1.29 is 14.1 Å². The Morgan fingerprint density at radius 1 is 1.31 bits per heavy atom. The molecule has 26 heavy (non-hydrogen) atoms. The summed E-state index contributed by atoms with van der Waals surface area (Å²) in [6.45, 7) is 1.63.